The van der Waals surface area contributed by atoms with Gasteiger partial charge in [0.05, 0.1) is 0 Å². The number of alkyl halides is 2. The quantitative estimate of drug-likeness (QED) is 0.611. The average Bonchev–Trinajstić information content (AvgIpc) is 2.27. The number of carbonyl (C=O) groups is 1. The van der Waals surface area contributed by atoms with Gasteiger partial charge in [-0.1, -0.05) is 31.9 Å². The summed E-state index contributed by atoms with van der Waals surface area (Å²) in [6.07, 6.45) is 0. The van der Waals surface area contributed by atoms with Crippen molar-refractivity contribution in [3.8, 4) is 0 Å². The van der Waals surface area contributed by atoms with Crippen LogP contribution in [0.3, 0.4) is 0 Å². The van der Waals surface area contributed by atoms with Crippen LogP contribution in [0.2, 0.25) is 0 Å². The van der Waals surface area contributed by atoms with Crippen LogP contribution in [0.15, 0.2) is 23.1 Å². The van der Waals surface area contributed by atoms with E-state index in [0.29, 0.717) is 11.0 Å². The highest BCUT2D eigenvalue weighted by molar-refractivity contribution is 9.12. The van der Waals surface area contributed by atoms with Gasteiger partial charge >= 0.3 is 0 Å². The first-order valence-electron chi connectivity index (χ1n) is 4.34. The van der Waals surface area contributed by atoms with E-state index >= 15 is 0 Å². The molecule has 0 aliphatic carbocycles. The second-order valence-corrected chi connectivity index (χ2v) is 6.17. The highest BCUT2D eigenvalue weighted by atomic mass is 79.9. The third-order valence-corrected chi connectivity index (χ3v) is 4.82. The summed E-state index contributed by atoms with van der Waals surface area (Å²) in [4.78, 5) is 10.7. The topological polar surface area (TPSA) is 83.5 Å². The van der Waals surface area contributed by atoms with Crippen LogP contribution in [0, 0.1) is 6.07 Å². The van der Waals surface area contributed by atoms with Crippen molar-refractivity contribution in [2.45, 2.75) is 9.72 Å². The van der Waals surface area contributed by atoms with Crippen molar-refractivity contribution in [2.75, 3.05) is 10.6 Å². The Bertz CT molecular complexity index is 500. The van der Waals surface area contributed by atoms with Crippen molar-refractivity contribution in [1.29, 1.82) is 0 Å². The van der Waals surface area contributed by atoms with E-state index in [1.165, 1.54) is 12.1 Å². The van der Waals surface area contributed by atoms with Crippen LogP contribution in [0.4, 0.5) is 5.69 Å². The van der Waals surface area contributed by atoms with Gasteiger partial charge in [-0.25, -0.2) is 0 Å². The minimum Gasteiger partial charge on any atom is -0.325 e. The van der Waals surface area contributed by atoms with Gasteiger partial charge in [0, 0.05) is 17.1 Å². The van der Waals surface area contributed by atoms with Crippen molar-refractivity contribution in [3.05, 3.63) is 24.3 Å². The lowest BCUT2D eigenvalue weighted by atomic mass is 10.3. The average molecular weight is 386 g/mol. The van der Waals surface area contributed by atoms with Crippen molar-refractivity contribution in [1.82, 2.24) is 0 Å². The minimum atomic E-state index is -4.25. The van der Waals surface area contributed by atoms with E-state index in [2.05, 4.69) is 43.2 Å². The first-order valence-corrected chi connectivity index (χ1v) is 7.82. The summed E-state index contributed by atoms with van der Waals surface area (Å²) in [6, 6.07) is 6.15. The number of hydrogen-bond acceptors (Lipinski definition) is 3. The van der Waals surface area contributed by atoms with Gasteiger partial charge in [-0.05, 0) is 18.2 Å². The monoisotopic (exact) mass is 384 g/mol. The number of benzene rings is 1. The van der Waals surface area contributed by atoms with Crippen LogP contribution in [-0.2, 0) is 14.9 Å². The van der Waals surface area contributed by atoms with Crippen LogP contribution in [0.5, 0.6) is 0 Å². The molecule has 1 amide bonds. The Hall–Kier alpha value is -0.440. The number of nitrogens with one attached hydrogen (secondary N) is 1. The van der Waals surface area contributed by atoms with Crippen molar-refractivity contribution < 1.29 is 17.8 Å². The molecule has 1 atom stereocenters. The van der Waals surface area contributed by atoms with Gasteiger partial charge in [-0.15, -0.1) is 0 Å². The van der Waals surface area contributed by atoms with E-state index in [9.17, 15) is 13.2 Å². The summed E-state index contributed by atoms with van der Waals surface area (Å²) >= 11 is 6.28. The lowest BCUT2D eigenvalue weighted by Crippen LogP contribution is -2.23. The van der Waals surface area contributed by atoms with E-state index < -0.39 is 10.1 Å². The molecule has 0 saturated carbocycles. The Morgan fingerprint density at radius 3 is 2.59 bits per heavy atom. The highest BCUT2D eigenvalue weighted by Crippen LogP contribution is 2.14. The van der Waals surface area contributed by atoms with Gasteiger partial charge in [0.1, 0.15) is 9.72 Å². The Labute approximate surface area is 116 Å². The fourth-order valence-corrected chi connectivity index (χ4v) is 1.80. The molecule has 1 aromatic rings. The molecule has 8 heteroatoms. The first kappa shape index (κ1) is 14.6. The molecule has 2 N–H and O–H groups in total. The zero-order valence-corrected chi connectivity index (χ0v) is 12.3. The number of carbonyl (C=O) groups excluding carboxylic acids is 1. The van der Waals surface area contributed by atoms with Crippen LogP contribution in [0.25, 0.3) is 0 Å². The summed E-state index contributed by atoms with van der Waals surface area (Å²) in [5.41, 5.74) is 0.396. The molecule has 0 aliphatic rings. The number of amides is 1. The van der Waals surface area contributed by atoms with E-state index in [-0.39, 0.29) is 15.6 Å². The predicted molar refractivity (Wildman–Crippen MR) is 70.2 cm³/mol. The zero-order chi connectivity index (χ0) is 13.1. The minimum absolute atomic E-state index is 0.269. The Kier molecular flexibility index (Phi) is 5.11. The molecule has 1 aromatic carbocycles. The molecule has 1 radical (unpaired) electrons. The fourth-order valence-electron chi connectivity index (χ4n) is 0.939. The number of hydrogen-bond donors (Lipinski definition) is 2. The van der Waals surface area contributed by atoms with Gasteiger partial charge in [0.2, 0.25) is 5.91 Å². The van der Waals surface area contributed by atoms with Crippen LogP contribution >= 0.6 is 31.9 Å². The van der Waals surface area contributed by atoms with E-state index in [1.54, 1.807) is 0 Å². The smallest absolute Gasteiger partial charge is 0.295 e. The first-order chi connectivity index (χ1) is 7.84. The summed E-state index contributed by atoms with van der Waals surface area (Å²) in [5, 5.41) is 3.00. The SMILES string of the molecule is O=C(Nc1c[c]c(S(=O)(=O)O)cc1)C(Br)CBr. The van der Waals surface area contributed by atoms with Crippen LogP contribution < -0.4 is 5.32 Å². The van der Waals surface area contributed by atoms with Crippen molar-refractivity contribution in [2.24, 2.45) is 0 Å². The summed E-state index contributed by atoms with van der Waals surface area (Å²) in [5.74, 6) is -0.269. The van der Waals surface area contributed by atoms with Gasteiger partial charge in [-0.2, -0.15) is 8.42 Å². The number of halogens is 2. The standard InChI is InChI=1S/C9H8Br2NO4S/c10-5-8(11)9(13)12-6-1-3-7(4-2-6)17(14,15)16/h1-3,8H,5H2,(H,12,13)(H,14,15,16). The Balaban J connectivity index is 2.79. The molecular formula is C9H8Br2NO4S. The summed E-state index contributed by atoms with van der Waals surface area (Å²) in [6.45, 7) is 0. The van der Waals surface area contributed by atoms with Gasteiger partial charge in [0.25, 0.3) is 10.1 Å². The molecule has 0 aliphatic heterocycles. The fraction of sp³-hybridized carbons (Fsp3) is 0.222. The maximum atomic E-state index is 11.5. The molecule has 0 aromatic heterocycles. The van der Waals surface area contributed by atoms with E-state index in [0.717, 1.165) is 6.07 Å². The lowest BCUT2D eigenvalue weighted by Gasteiger charge is -2.08. The molecule has 0 bridgehead atoms. The van der Waals surface area contributed by atoms with Gasteiger partial charge in [-0.3, -0.25) is 9.35 Å². The van der Waals surface area contributed by atoms with E-state index in [1.807, 2.05) is 0 Å². The zero-order valence-electron chi connectivity index (χ0n) is 8.35. The van der Waals surface area contributed by atoms with Crippen molar-refractivity contribution in [3.63, 3.8) is 0 Å². The normalized spacial score (nSPS) is 13.1. The highest BCUT2D eigenvalue weighted by Gasteiger charge is 2.14. The molecule has 5 nitrogen and oxygen atoms in total. The third-order valence-electron chi connectivity index (χ3n) is 1.75. The number of rotatable bonds is 4. The maximum Gasteiger partial charge on any atom is 0.295 e. The van der Waals surface area contributed by atoms with Gasteiger partial charge < -0.3 is 5.32 Å². The number of anilines is 1. The molecule has 1 rings (SSSR count). The Morgan fingerprint density at radius 2 is 2.18 bits per heavy atom. The summed E-state index contributed by atoms with van der Waals surface area (Å²) < 4.78 is 30.2. The van der Waals surface area contributed by atoms with Gasteiger partial charge in [0.15, 0.2) is 0 Å². The molecule has 0 spiro atoms. The van der Waals surface area contributed by atoms with Crippen LogP contribution in [-0.4, -0.2) is 29.0 Å². The molecule has 0 fully saturated rings. The maximum absolute atomic E-state index is 11.5. The predicted octanol–water partition coefficient (Wildman–Crippen LogP) is 1.83. The molecule has 0 saturated heterocycles. The van der Waals surface area contributed by atoms with Crippen molar-refractivity contribution >= 4 is 53.6 Å². The Morgan fingerprint density at radius 1 is 1.53 bits per heavy atom. The molecule has 93 valence electrons. The second kappa shape index (κ2) is 5.94. The third kappa shape index (κ3) is 4.38. The van der Waals surface area contributed by atoms with Crippen LogP contribution in [0.1, 0.15) is 0 Å². The molecule has 0 heterocycles. The molecular weight excluding hydrogens is 378 g/mol. The summed E-state index contributed by atoms with van der Waals surface area (Å²) in [7, 11) is -4.25. The lowest BCUT2D eigenvalue weighted by molar-refractivity contribution is -0.115. The molecule has 1 unspecified atom stereocenters. The van der Waals surface area contributed by atoms with E-state index in [4.69, 9.17) is 4.55 Å². The second-order valence-electron chi connectivity index (χ2n) is 3.03. The largest absolute Gasteiger partial charge is 0.325 e. The molecule has 17 heavy (non-hydrogen) atoms.